The molecule has 3 heterocycles. The van der Waals surface area contributed by atoms with Gasteiger partial charge in [-0.3, -0.25) is 4.79 Å². The zero-order chi connectivity index (χ0) is 19.3. The van der Waals surface area contributed by atoms with Crippen molar-refractivity contribution < 1.29 is 9.53 Å². The molecule has 0 radical (unpaired) electrons. The van der Waals surface area contributed by atoms with Crippen LogP contribution < -0.4 is 15.0 Å². The number of benzene rings is 1. The number of thiazole rings is 1. The molecule has 0 unspecified atom stereocenters. The highest BCUT2D eigenvalue weighted by atomic mass is 32.1. The minimum absolute atomic E-state index is 0.183. The normalized spacial score (nSPS) is 13.5. The molecule has 0 aliphatic carbocycles. The highest BCUT2D eigenvalue weighted by molar-refractivity contribution is 7.13. The number of nitrogens with zero attached hydrogens (tertiary/aromatic N) is 3. The van der Waals surface area contributed by atoms with E-state index in [1.54, 1.807) is 18.7 Å². The average molecular weight is 395 g/mol. The van der Waals surface area contributed by atoms with Gasteiger partial charge in [0.25, 0.3) is 5.91 Å². The highest BCUT2D eigenvalue weighted by Gasteiger charge is 2.16. The summed E-state index contributed by atoms with van der Waals surface area (Å²) in [6.45, 7) is 2.55. The van der Waals surface area contributed by atoms with Crippen LogP contribution in [0, 0.1) is 0 Å². The van der Waals surface area contributed by atoms with Crippen molar-refractivity contribution in [2.75, 3.05) is 25.1 Å². The molecule has 1 saturated heterocycles. The minimum atomic E-state index is -0.183. The van der Waals surface area contributed by atoms with E-state index in [0.717, 1.165) is 40.8 Å². The Morgan fingerprint density at radius 1 is 1.25 bits per heavy atom. The Morgan fingerprint density at radius 2 is 2.07 bits per heavy atom. The summed E-state index contributed by atoms with van der Waals surface area (Å²) < 4.78 is 5.38. The summed E-state index contributed by atoms with van der Waals surface area (Å²) in [7, 11) is 1.63. The first-order valence-corrected chi connectivity index (χ1v) is 10.2. The monoisotopic (exact) mass is 394 g/mol. The predicted octanol–water partition coefficient (Wildman–Crippen LogP) is 3.74. The molecule has 3 aromatic rings. The zero-order valence-electron chi connectivity index (χ0n) is 15.7. The average Bonchev–Trinajstić information content (AvgIpc) is 3.44. The van der Waals surface area contributed by atoms with E-state index in [9.17, 15) is 4.79 Å². The van der Waals surface area contributed by atoms with Crippen molar-refractivity contribution >= 4 is 23.1 Å². The number of para-hydroxylation sites is 1. The van der Waals surface area contributed by atoms with Gasteiger partial charge in [0.1, 0.15) is 22.3 Å². The predicted molar refractivity (Wildman–Crippen MR) is 111 cm³/mol. The number of amides is 1. The summed E-state index contributed by atoms with van der Waals surface area (Å²) in [6, 6.07) is 11.7. The second kappa shape index (κ2) is 8.39. The molecular formula is C21H22N4O2S. The topological polar surface area (TPSA) is 67.3 Å². The van der Waals surface area contributed by atoms with Gasteiger partial charge in [-0.25, -0.2) is 9.97 Å². The van der Waals surface area contributed by atoms with Gasteiger partial charge in [-0.05, 0) is 42.7 Å². The van der Waals surface area contributed by atoms with E-state index >= 15 is 0 Å². The van der Waals surface area contributed by atoms with Crippen molar-refractivity contribution in [3.63, 3.8) is 0 Å². The molecule has 28 heavy (non-hydrogen) atoms. The van der Waals surface area contributed by atoms with Crippen LogP contribution in [0.15, 0.2) is 48.0 Å². The molecule has 4 rings (SSSR count). The first-order chi connectivity index (χ1) is 13.7. The molecule has 1 aliphatic rings. The standard InChI is InChI=1S/C21H22N4O2S/c1-27-18-7-3-2-6-16(18)21-24-17(14-28-21)20(26)23-13-15-8-9-22-19(12-15)25-10-4-5-11-25/h2-3,6-9,12,14H,4-5,10-11,13H2,1H3,(H,23,26). The Labute approximate surface area is 168 Å². The molecule has 0 spiro atoms. The van der Waals surface area contributed by atoms with Crippen LogP contribution in [-0.4, -0.2) is 36.1 Å². The van der Waals surface area contributed by atoms with E-state index in [1.165, 1.54) is 24.2 Å². The summed E-state index contributed by atoms with van der Waals surface area (Å²) in [5, 5.41) is 5.50. The summed E-state index contributed by atoms with van der Waals surface area (Å²) in [5.41, 5.74) is 2.34. The lowest BCUT2D eigenvalue weighted by molar-refractivity contribution is 0.0946. The lowest BCUT2D eigenvalue weighted by Gasteiger charge is -2.16. The maximum absolute atomic E-state index is 12.5. The number of anilines is 1. The molecule has 7 heteroatoms. The second-order valence-electron chi connectivity index (χ2n) is 6.64. The smallest absolute Gasteiger partial charge is 0.271 e. The molecule has 0 bridgehead atoms. The van der Waals surface area contributed by atoms with Crippen LogP contribution in [0.25, 0.3) is 10.6 Å². The van der Waals surface area contributed by atoms with Crippen LogP contribution in [0.4, 0.5) is 5.82 Å². The molecule has 1 amide bonds. The van der Waals surface area contributed by atoms with E-state index in [2.05, 4.69) is 20.2 Å². The number of methoxy groups -OCH3 is 1. The van der Waals surface area contributed by atoms with Gasteiger partial charge in [0.2, 0.25) is 0 Å². The van der Waals surface area contributed by atoms with Gasteiger partial charge < -0.3 is 15.0 Å². The molecular weight excluding hydrogens is 372 g/mol. The molecule has 0 atom stereocenters. The summed E-state index contributed by atoms with van der Waals surface area (Å²) >= 11 is 1.43. The van der Waals surface area contributed by atoms with Gasteiger partial charge in [0.15, 0.2) is 0 Å². The van der Waals surface area contributed by atoms with Crippen molar-refractivity contribution in [1.82, 2.24) is 15.3 Å². The molecule has 0 saturated carbocycles. The zero-order valence-corrected chi connectivity index (χ0v) is 16.5. The Kier molecular flexibility index (Phi) is 5.53. The maximum atomic E-state index is 12.5. The fraction of sp³-hybridized carbons (Fsp3) is 0.286. The van der Waals surface area contributed by atoms with E-state index in [4.69, 9.17) is 4.74 Å². The molecule has 1 aromatic carbocycles. The molecule has 144 valence electrons. The molecule has 1 N–H and O–H groups in total. The van der Waals surface area contributed by atoms with Gasteiger partial charge in [-0.2, -0.15) is 0 Å². The number of nitrogens with one attached hydrogen (secondary N) is 1. The van der Waals surface area contributed by atoms with Crippen molar-refractivity contribution in [3.05, 3.63) is 59.2 Å². The van der Waals surface area contributed by atoms with Gasteiger partial charge in [-0.1, -0.05) is 12.1 Å². The quantitative estimate of drug-likeness (QED) is 0.690. The SMILES string of the molecule is COc1ccccc1-c1nc(C(=O)NCc2ccnc(N3CCCC3)c2)cs1. The van der Waals surface area contributed by atoms with Crippen LogP contribution >= 0.6 is 11.3 Å². The Hall–Kier alpha value is -2.93. The number of rotatable bonds is 6. The number of aromatic nitrogens is 2. The van der Waals surface area contributed by atoms with Gasteiger partial charge in [-0.15, -0.1) is 11.3 Å². The maximum Gasteiger partial charge on any atom is 0.271 e. The van der Waals surface area contributed by atoms with Crippen molar-refractivity contribution in [2.24, 2.45) is 0 Å². The van der Waals surface area contributed by atoms with E-state index in [-0.39, 0.29) is 5.91 Å². The largest absolute Gasteiger partial charge is 0.496 e. The highest BCUT2D eigenvalue weighted by Crippen LogP contribution is 2.31. The molecule has 1 fully saturated rings. The van der Waals surface area contributed by atoms with Crippen molar-refractivity contribution in [2.45, 2.75) is 19.4 Å². The van der Waals surface area contributed by atoms with E-state index < -0.39 is 0 Å². The molecule has 1 aliphatic heterocycles. The van der Waals surface area contributed by atoms with Crippen molar-refractivity contribution in [1.29, 1.82) is 0 Å². The lowest BCUT2D eigenvalue weighted by atomic mass is 10.2. The van der Waals surface area contributed by atoms with Crippen LogP contribution in [0.5, 0.6) is 5.75 Å². The van der Waals surface area contributed by atoms with E-state index in [0.29, 0.717) is 12.2 Å². The second-order valence-corrected chi connectivity index (χ2v) is 7.50. The number of hydrogen-bond acceptors (Lipinski definition) is 6. The number of carbonyl (C=O) groups is 1. The Morgan fingerprint density at radius 3 is 2.89 bits per heavy atom. The van der Waals surface area contributed by atoms with Crippen LogP contribution in [-0.2, 0) is 6.54 Å². The Balaban J connectivity index is 1.42. The van der Waals surface area contributed by atoms with Gasteiger partial charge in [0, 0.05) is 31.2 Å². The Bertz CT molecular complexity index is 966. The summed E-state index contributed by atoms with van der Waals surface area (Å²) in [4.78, 5) is 23.8. The number of ether oxygens (including phenoxy) is 1. The van der Waals surface area contributed by atoms with Gasteiger partial charge in [0.05, 0.1) is 12.7 Å². The summed E-state index contributed by atoms with van der Waals surface area (Å²) in [6.07, 6.45) is 4.22. The third-order valence-corrected chi connectivity index (χ3v) is 5.64. The summed E-state index contributed by atoms with van der Waals surface area (Å²) in [5.74, 6) is 1.54. The van der Waals surface area contributed by atoms with Crippen LogP contribution in [0.1, 0.15) is 28.9 Å². The van der Waals surface area contributed by atoms with E-state index in [1.807, 2.05) is 36.4 Å². The fourth-order valence-electron chi connectivity index (χ4n) is 3.29. The lowest BCUT2D eigenvalue weighted by Crippen LogP contribution is -2.24. The van der Waals surface area contributed by atoms with Crippen LogP contribution in [0.3, 0.4) is 0 Å². The van der Waals surface area contributed by atoms with Crippen molar-refractivity contribution in [3.8, 4) is 16.3 Å². The number of pyridine rings is 1. The van der Waals surface area contributed by atoms with Gasteiger partial charge >= 0.3 is 0 Å². The fourth-order valence-corrected chi connectivity index (χ4v) is 4.12. The number of carbonyl (C=O) groups excluding carboxylic acids is 1. The third-order valence-electron chi connectivity index (χ3n) is 4.77. The van der Waals surface area contributed by atoms with Crippen LogP contribution in [0.2, 0.25) is 0 Å². The number of hydrogen-bond donors (Lipinski definition) is 1. The third kappa shape index (κ3) is 3.99. The molecule has 2 aromatic heterocycles. The minimum Gasteiger partial charge on any atom is -0.496 e. The first kappa shape index (κ1) is 18.4. The molecule has 6 nitrogen and oxygen atoms in total. The first-order valence-electron chi connectivity index (χ1n) is 9.31.